The molecule has 21 heavy (non-hydrogen) atoms. The maximum Gasteiger partial charge on any atom is 0.358 e. The predicted molar refractivity (Wildman–Crippen MR) is 72.9 cm³/mol. The van der Waals surface area contributed by atoms with E-state index in [0.29, 0.717) is 16.9 Å². The molecule has 0 unspecified atom stereocenters. The molecule has 102 valence electrons. The van der Waals surface area contributed by atoms with Crippen molar-refractivity contribution in [3.63, 3.8) is 0 Å². The highest BCUT2D eigenvalue weighted by Gasteiger charge is 2.20. The summed E-state index contributed by atoms with van der Waals surface area (Å²) in [6, 6.07) is 9.25. The first-order chi connectivity index (χ1) is 10.2. The zero-order valence-corrected chi connectivity index (χ0v) is 10.8. The zero-order valence-electron chi connectivity index (χ0n) is 10.8. The summed E-state index contributed by atoms with van der Waals surface area (Å²) in [5, 5.41) is 18.2. The van der Waals surface area contributed by atoms with Crippen LogP contribution in [0.1, 0.15) is 16.3 Å². The molecule has 0 saturated carbocycles. The molecule has 0 fully saturated rings. The molecule has 7 heteroatoms. The van der Waals surface area contributed by atoms with Crippen molar-refractivity contribution in [3.8, 4) is 11.9 Å². The van der Waals surface area contributed by atoms with Crippen molar-refractivity contribution in [2.24, 2.45) is 0 Å². The number of imidazole rings is 1. The Morgan fingerprint density at radius 1 is 1.29 bits per heavy atom. The quantitative estimate of drug-likeness (QED) is 0.780. The molecule has 0 aliphatic rings. The normalized spacial score (nSPS) is 10.4. The maximum atomic E-state index is 11.3. The number of carbonyl (C=O) groups is 1. The van der Waals surface area contributed by atoms with Crippen LogP contribution in [0.25, 0.3) is 16.9 Å². The Bertz CT molecular complexity index is 878. The number of aromatic nitrogens is 4. The SMILES string of the molecule is N#CCc1nc2ccccc2n1-c1nccnc1C(=O)O. The minimum atomic E-state index is -1.18. The Balaban J connectivity index is 2.37. The van der Waals surface area contributed by atoms with Crippen LogP contribution in [0.15, 0.2) is 36.7 Å². The third-order valence-corrected chi connectivity index (χ3v) is 2.96. The van der Waals surface area contributed by atoms with Gasteiger partial charge in [-0.15, -0.1) is 0 Å². The van der Waals surface area contributed by atoms with Gasteiger partial charge in [-0.2, -0.15) is 5.26 Å². The first-order valence-corrected chi connectivity index (χ1v) is 6.10. The molecule has 3 aromatic rings. The lowest BCUT2D eigenvalue weighted by molar-refractivity contribution is 0.0690. The largest absolute Gasteiger partial charge is 0.476 e. The number of benzene rings is 1. The Hall–Kier alpha value is -3.27. The summed E-state index contributed by atoms with van der Waals surface area (Å²) in [4.78, 5) is 23.6. The molecule has 7 nitrogen and oxygen atoms in total. The number of carboxylic acid groups (broad SMARTS) is 1. The lowest BCUT2D eigenvalue weighted by atomic mass is 10.3. The van der Waals surface area contributed by atoms with Gasteiger partial charge in [0.15, 0.2) is 11.5 Å². The second-order valence-corrected chi connectivity index (χ2v) is 4.22. The van der Waals surface area contributed by atoms with Gasteiger partial charge in [0.2, 0.25) is 0 Å². The average Bonchev–Trinajstić information content (AvgIpc) is 2.85. The molecule has 3 rings (SSSR count). The number of hydrogen-bond donors (Lipinski definition) is 1. The van der Waals surface area contributed by atoms with Crippen LogP contribution in [0.3, 0.4) is 0 Å². The van der Waals surface area contributed by atoms with Gasteiger partial charge in [0.25, 0.3) is 0 Å². The van der Waals surface area contributed by atoms with E-state index in [1.54, 1.807) is 16.7 Å². The van der Waals surface area contributed by atoms with Crippen LogP contribution in [0.5, 0.6) is 0 Å². The van der Waals surface area contributed by atoms with Crippen LogP contribution in [0, 0.1) is 11.3 Å². The first kappa shape index (κ1) is 12.7. The number of carboxylic acids is 1. The molecular formula is C14H9N5O2. The van der Waals surface area contributed by atoms with E-state index in [-0.39, 0.29) is 17.9 Å². The second-order valence-electron chi connectivity index (χ2n) is 4.22. The molecular weight excluding hydrogens is 270 g/mol. The molecule has 0 spiro atoms. The Kier molecular flexibility index (Phi) is 3.04. The van der Waals surface area contributed by atoms with Crippen molar-refractivity contribution in [2.45, 2.75) is 6.42 Å². The van der Waals surface area contributed by atoms with E-state index in [9.17, 15) is 9.90 Å². The van der Waals surface area contributed by atoms with Crippen molar-refractivity contribution in [1.82, 2.24) is 19.5 Å². The highest BCUT2D eigenvalue weighted by Crippen LogP contribution is 2.22. The van der Waals surface area contributed by atoms with Gasteiger partial charge in [-0.05, 0) is 12.1 Å². The molecule has 2 aromatic heterocycles. The van der Waals surface area contributed by atoms with E-state index in [1.807, 2.05) is 18.2 Å². The van der Waals surface area contributed by atoms with E-state index < -0.39 is 5.97 Å². The summed E-state index contributed by atoms with van der Waals surface area (Å²) in [7, 11) is 0. The van der Waals surface area contributed by atoms with Gasteiger partial charge in [0.1, 0.15) is 5.82 Å². The Labute approximate surface area is 119 Å². The van der Waals surface area contributed by atoms with E-state index in [1.165, 1.54) is 12.4 Å². The minimum absolute atomic E-state index is 0.0459. The lowest BCUT2D eigenvalue weighted by Crippen LogP contribution is -2.12. The lowest BCUT2D eigenvalue weighted by Gasteiger charge is -2.08. The molecule has 0 bridgehead atoms. The monoisotopic (exact) mass is 279 g/mol. The first-order valence-electron chi connectivity index (χ1n) is 6.10. The molecule has 0 aliphatic heterocycles. The molecule has 0 amide bonds. The molecule has 0 radical (unpaired) electrons. The van der Waals surface area contributed by atoms with Crippen LogP contribution >= 0.6 is 0 Å². The van der Waals surface area contributed by atoms with E-state index in [4.69, 9.17) is 5.26 Å². The van der Waals surface area contributed by atoms with Crippen molar-refractivity contribution >= 4 is 17.0 Å². The molecule has 0 aliphatic carbocycles. The Morgan fingerprint density at radius 3 is 2.81 bits per heavy atom. The summed E-state index contributed by atoms with van der Waals surface area (Å²) in [6.45, 7) is 0. The van der Waals surface area contributed by atoms with Gasteiger partial charge in [0.05, 0.1) is 23.5 Å². The van der Waals surface area contributed by atoms with Crippen LogP contribution in [0.2, 0.25) is 0 Å². The average molecular weight is 279 g/mol. The minimum Gasteiger partial charge on any atom is -0.476 e. The van der Waals surface area contributed by atoms with Gasteiger partial charge in [0, 0.05) is 12.4 Å². The number of rotatable bonds is 3. The van der Waals surface area contributed by atoms with E-state index in [0.717, 1.165) is 0 Å². The van der Waals surface area contributed by atoms with Gasteiger partial charge in [-0.3, -0.25) is 4.57 Å². The Morgan fingerprint density at radius 2 is 2.05 bits per heavy atom. The number of para-hydroxylation sites is 2. The number of nitriles is 1. The summed E-state index contributed by atoms with van der Waals surface area (Å²) in [6.07, 6.45) is 2.77. The molecule has 1 aromatic carbocycles. The number of fused-ring (bicyclic) bond motifs is 1. The zero-order chi connectivity index (χ0) is 14.8. The maximum absolute atomic E-state index is 11.3. The summed E-state index contributed by atoms with van der Waals surface area (Å²) in [5.41, 5.74) is 1.18. The molecule has 2 heterocycles. The summed E-state index contributed by atoms with van der Waals surface area (Å²) >= 11 is 0. The fourth-order valence-electron chi connectivity index (χ4n) is 2.15. The topological polar surface area (TPSA) is 105 Å². The highest BCUT2D eigenvalue weighted by molar-refractivity contribution is 5.90. The molecule has 1 N–H and O–H groups in total. The summed E-state index contributed by atoms with van der Waals surface area (Å²) in [5.74, 6) is -0.593. The number of nitrogens with zero attached hydrogens (tertiary/aromatic N) is 5. The summed E-state index contributed by atoms with van der Waals surface area (Å²) < 4.78 is 1.56. The fourth-order valence-corrected chi connectivity index (χ4v) is 2.15. The van der Waals surface area contributed by atoms with Crippen LogP contribution < -0.4 is 0 Å². The van der Waals surface area contributed by atoms with Crippen molar-refractivity contribution in [2.75, 3.05) is 0 Å². The third kappa shape index (κ3) is 2.08. The smallest absolute Gasteiger partial charge is 0.358 e. The van der Waals surface area contributed by atoms with Crippen LogP contribution in [-0.2, 0) is 6.42 Å². The molecule has 0 atom stereocenters. The van der Waals surface area contributed by atoms with Crippen LogP contribution in [-0.4, -0.2) is 30.6 Å². The van der Waals surface area contributed by atoms with Gasteiger partial charge in [-0.1, -0.05) is 12.1 Å². The number of hydrogen-bond acceptors (Lipinski definition) is 5. The third-order valence-electron chi connectivity index (χ3n) is 2.96. The van der Waals surface area contributed by atoms with Crippen LogP contribution in [0.4, 0.5) is 0 Å². The van der Waals surface area contributed by atoms with Gasteiger partial charge < -0.3 is 5.11 Å². The van der Waals surface area contributed by atoms with E-state index in [2.05, 4.69) is 15.0 Å². The fraction of sp³-hybridized carbons (Fsp3) is 0.0714. The second kappa shape index (κ2) is 5.02. The highest BCUT2D eigenvalue weighted by atomic mass is 16.4. The van der Waals surface area contributed by atoms with Gasteiger partial charge >= 0.3 is 5.97 Å². The van der Waals surface area contributed by atoms with Crippen molar-refractivity contribution in [3.05, 3.63) is 48.2 Å². The molecule has 0 saturated heterocycles. The number of aromatic carboxylic acids is 1. The van der Waals surface area contributed by atoms with Crippen molar-refractivity contribution < 1.29 is 9.90 Å². The van der Waals surface area contributed by atoms with Gasteiger partial charge in [-0.25, -0.2) is 19.7 Å². The predicted octanol–water partition coefficient (Wildman–Crippen LogP) is 1.58. The van der Waals surface area contributed by atoms with Crippen molar-refractivity contribution in [1.29, 1.82) is 5.26 Å². The van der Waals surface area contributed by atoms with E-state index >= 15 is 0 Å². The standard InChI is InChI=1S/C14H9N5O2/c15-6-5-11-18-9-3-1-2-4-10(9)19(11)13-12(14(20)21)16-7-8-17-13/h1-4,7-8H,5H2,(H,20,21).